The van der Waals surface area contributed by atoms with Crippen LogP contribution in [0.1, 0.15) is 120 Å². The zero-order chi connectivity index (χ0) is 66.3. The van der Waals surface area contributed by atoms with Crippen LogP contribution in [0.4, 0.5) is 0 Å². The van der Waals surface area contributed by atoms with Crippen molar-refractivity contribution in [3.05, 3.63) is 11.6 Å². The lowest BCUT2D eigenvalue weighted by molar-refractivity contribution is -0.473. The minimum atomic E-state index is -3.36. The minimum Gasteiger partial charge on any atom is -0.463 e. The summed E-state index contributed by atoms with van der Waals surface area (Å²) in [7, 11) is 0. The first-order valence-electron chi connectivity index (χ1n) is 31.7. The topological polar surface area (TPSA) is 470 Å². The van der Waals surface area contributed by atoms with Crippen LogP contribution in [0.25, 0.3) is 0 Å². The SMILES string of the molecule is CC(=O)OCC1OC(O)(OCC2OC(O)(OC(=O)C3CC(C)(C)CC4C5=CCC6C7(C)CCC(OC8(C9OCC(O)C(O)C9O)OC(C)C(O)C(O)C8O)C(C)(CO)C7CCC6(C)C5(C)CCC34)C(O)C(O)C2O)C(O)C(O)C1OC1OC(C)C(O)C(O)C1O. The van der Waals surface area contributed by atoms with Gasteiger partial charge in [0.25, 0.3) is 0 Å². The van der Waals surface area contributed by atoms with E-state index in [0.29, 0.717) is 51.4 Å². The Bertz CT molecular complexity index is 2620. The first-order valence-corrected chi connectivity index (χ1v) is 31.7. The molecule has 17 N–H and O–H groups in total. The molecule has 10 rings (SSSR count). The number of ether oxygens (including phenoxy) is 10. The van der Waals surface area contributed by atoms with Crippen molar-refractivity contribution in [3.8, 4) is 0 Å². The third kappa shape index (κ3) is 11.4. The van der Waals surface area contributed by atoms with E-state index >= 15 is 0 Å². The third-order valence-electron chi connectivity index (χ3n) is 23.7. The summed E-state index contributed by atoms with van der Waals surface area (Å²) < 4.78 is 57.8. The number of allylic oxidation sites excluding steroid dienone is 2. The molecule has 10 aliphatic rings. The van der Waals surface area contributed by atoms with Crippen LogP contribution in [0.15, 0.2) is 11.6 Å². The Morgan fingerprint density at radius 3 is 1.96 bits per heavy atom. The van der Waals surface area contributed by atoms with Crippen LogP contribution < -0.4 is 0 Å². The Labute approximate surface area is 521 Å². The average molecular weight is 1300 g/mol. The molecule has 5 heterocycles. The summed E-state index contributed by atoms with van der Waals surface area (Å²) in [5, 5.41) is 189. The maximum atomic E-state index is 14.9. The van der Waals surface area contributed by atoms with Crippen LogP contribution in [0.2, 0.25) is 0 Å². The van der Waals surface area contributed by atoms with Gasteiger partial charge in [-0.3, -0.25) is 9.59 Å². The van der Waals surface area contributed by atoms with Crippen molar-refractivity contribution in [2.24, 2.45) is 56.7 Å². The van der Waals surface area contributed by atoms with Gasteiger partial charge >= 0.3 is 23.9 Å². The maximum Gasteiger partial charge on any atom is 0.357 e. The maximum absolute atomic E-state index is 14.9. The van der Waals surface area contributed by atoms with Gasteiger partial charge in [-0.25, -0.2) is 0 Å². The highest BCUT2D eigenvalue weighted by molar-refractivity contribution is 5.74. The van der Waals surface area contributed by atoms with Gasteiger partial charge in [0, 0.05) is 12.3 Å². The van der Waals surface area contributed by atoms with Crippen molar-refractivity contribution in [3.63, 3.8) is 0 Å². The molecular formula is C61H98O29. The van der Waals surface area contributed by atoms with Crippen molar-refractivity contribution in [1.82, 2.24) is 0 Å². The van der Waals surface area contributed by atoms with Gasteiger partial charge in [-0.15, -0.1) is 0 Å². The highest BCUT2D eigenvalue weighted by atomic mass is 16.9. The standard InChI is InChI=1S/C61H98O29/c1-24-37(65)41(69)45(73)53(84-24)85-47-33(21-81-26(3)63)88-60(79,50(77)46(47)74)83-22-32-40(68)43(71)49(76)61(80,87-32)90-52(78)29-19-54(4,5)18-28-27(29)12-16-57(8)30(28)10-11-35-55(6)15-14-36(56(7,23-62)34(55)13-17-58(35,57)9)89-59(48(75)42(70)38(66)25(2)86-59)51-44(72)39(67)31(64)20-82-51/h10,24-25,27-29,31-51,53,62,64-77,79-80H,11-23H2,1-9H3. The second-order valence-corrected chi connectivity index (χ2v) is 29.6. The van der Waals surface area contributed by atoms with Crippen molar-refractivity contribution in [2.75, 3.05) is 26.4 Å². The van der Waals surface area contributed by atoms with Crippen molar-refractivity contribution < 1.29 is 144 Å². The number of rotatable bonds is 13. The molecule has 9 fully saturated rings. The minimum absolute atomic E-state index is 0.0401. The van der Waals surface area contributed by atoms with Gasteiger partial charge in [-0.1, -0.05) is 53.2 Å². The molecular weight excluding hydrogens is 1200 g/mol. The zero-order valence-electron chi connectivity index (χ0n) is 52.4. The lowest BCUT2D eigenvalue weighted by Crippen LogP contribution is -2.75. The van der Waals surface area contributed by atoms with Gasteiger partial charge in [-0.05, 0) is 117 Å². The second kappa shape index (κ2) is 25.0. The van der Waals surface area contributed by atoms with E-state index in [1.165, 1.54) is 19.4 Å². The Hall–Kier alpha value is -2.32. The summed E-state index contributed by atoms with van der Waals surface area (Å²) in [6.07, 6.45) is -32.3. The Balaban J connectivity index is 0.851. The fraction of sp³-hybridized carbons (Fsp3) is 0.934. The molecule has 0 radical (unpaired) electrons. The summed E-state index contributed by atoms with van der Waals surface area (Å²) in [5.74, 6) is -12.5. The molecule has 0 bridgehead atoms. The van der Waals surface area contributed by atoms with Crippen LogP contribution >= 0.6 is 0 Å². The molecule has 29 heteroatoms. The largest absolute Gasteiger partial charge is 0.463 e. The van der Waals surface area contributed by atoms with E-state index in [1.54, 1.807) is 0 Å². The molecule has 0 aromatic carbocycles. The van der Waals surface area contributed by atoms with Crippen LogP contribution in [-0.4, -0.2) is 277 Å². The van der Waals surface area contributed by atoms with Crippen LogP contribution in [0.3, 0.4) is 0 Å². The fourth-order valence-corrected chi connectivity index (χ4v) is 18.4. The highest BCUT2D eigenvalue weighted by Gasteiger charge is 2.71. The molecule has 34 unspecified atom stereocenters. The number of carbonyl (C=O) groups is 2. The molecule has 0 aromatic heterocycles. The summed E-state index contributed by atoms with van der Waals surface area (Å²) in [6.45, 7) is 13.9. The lowest BCUT2D eigenvalue weighted by Gasteiger charge is -2.71. The quantitative estimate of drug-likeness (QED) is 0.0361. The molecule has 5 saturated heterocycles. The van der Waals surface area contributed by atoms with Gasteiger partial charge in [0.1, 0.15) is 104 Å². The number of aliphatic hydroxyl groups excluding tert-OH is 15. The van der Waals surface area contributed by atoms with Crippen LogP contribution in [0, 0.1) is 56.7 Å². The Morgan fingerprint density at radius 1 is 0.644 bits per heavy atom. The van der Waals surface area contributed by atoms with E-state index in [-0.39, 0.29) is 42.1 Å². The lowest BCUT2D eigenvalue weighted by atomic mass is 9.34. The summed E-state index contributed by atoms with van der Waals surface area (Å²) in [5.41, 5.74) is -1.57. The Kier molecular flexibility index (Phi) is 19.5. The average Bonchev–Trinajstić information content (AvgIpc) is 0.683. The normalized spacial score (nSPS) is 55.3. The number of hydrogen-bond acceptors (Lipinski definition) is 29. The van der Waals surface area contributed by atoms with Crippen LogP contribution in [-0.2, 0) is 57.0 Å². The van der Waals surface area contributed by atoms with Gasteiger partial charge in [0.15, 0.2) is 18.5 Å². The summed E-state index contributed by atoms with van der Waals surface area (Å²) in [4.78, 5) is 26.8. The van der Waals surface area contributed by atoms with E-state index in [2.05, 4.69) is 26.8 Å². The third-order valence-corrected chi connectivity index (χ3v) is 23.7. The van der Waals surface area contributed by atoms with E-state index in [0.717, 1.165) is 6.92 Å². The fourth-order valence-electron chi connectivity index (χ4n) is 18.4. The molecule has 0 spiro atoms. The Morgan fingerprint density at radius 2 is 1.29 bits per heavy atom. The number of carbonyl (C=O) groups excluding carboxylic acids is 2. The number of aliphatic hydroxyl groups is 17. The summed E-state index contributed by atoms with van der Waals surface area (Å²) >= 11 is 0. The van der Waals surface area contributed by atoms with E-state index in [9.17, 15) is 96.4 Å². The van der Waals surface area contributed by atoms with Crippen molar-refractivity contribution in [1.29, 1.82) is 0 Å². The molecule has 29 nitrogen and oxygen atoms in total. The van der Waals surface area contributed by atoms with Gasteiger partial charge < -0.3 is 134 Å². The van der Waals surface area contributed by atoms with E-state index in [1.807, 2.05) is 20.8 Å². The molecule has 90 heavy (non-hydrogen) atoms. The van der Waals surface area contributed by atoms with Crippen LogP contribution in [0.5, 0.6) is 0 Å². The van der Waals surface area contributed by atoms with E-state index in [4.69, 9.17) is 47.4 Å². The number of fused-ring (bicyclic) bond motifs is 7. The zero-order valence-corrected chi connectivity index (χ0v) is 52.4. The monoisotopic (exact) mass is 1290 g/mol. The van der Waals surface area contributed by atoms with E-state index < -0.39 is 212 Å². The van der Waals surface area contributed by atoms with Crippen molar-refractivity contribution >= 4 is 11.9 Å². The molecule has 0 aromatic rings. The summed E-state index contributed by atoms with van der Waals surface area (Å²) in [6, 6.07) is 0. The molecule has 34 atom stereocenters. The number of hydrogen-bond donors (Lipinski definition) is 17. The van der Waals surface area contributed by atoms with Crippen molar-refractivity contribution in [2.45, 2.75) is 272 Å². The molecule has 0 amide bonds. The molecule has 516 valence electrons. The first-order chi connectivity index (χ1) is 41.8. The second-order valence-electron chi connectivity index (χ2n) is 29.6. The van der Waals surface area contributed by atoms with Gasteiger partial charge in [0.2, 0.25) is 5.79 Å². The van der Waals surface area contributed by atoms with Gasteiger partial charge in [-0.2, -0.15) is 0 Å². The molecule has 4 saturated carbocycles. The smallest absolute Gasteiger partial charge is 0.357 e. The molecule has 5 aliphatic heterocycles. The van der Waals surface area contributed by atoms with Gasteiger partial charge in [0.05, 0.1) is 44.1 Å². The first kappa shape index (κ1) is 70.5. The predicted molar refractivity (Wildman–Crippen MR) is 300 cm³/mol. The molecule has 5 aliphatic carbocycles. The highest BCUT2D eigenvalue weighted by Crippen LogP contribution is 2.75. The number of esters is 2. The predicted octanol–water partition coefficient (Wildman–Crippen LogP) is -4.09.